The SMILES string of the molecule is CCC1(C)c2cc(Cl)ccc2B2c3ccc(-c4ccc(-n5c6c(c7ccccc75)CCCC6)cc4)cc3[Se]c3cccc1c32. The molecule has 5 aromatic carbocycles. The molecule has 0 radical (unpaired) electrons. The molecule has 3 heterocycles. The van der Waals surface area contributed by atoms with Crippen molar-refractivity contribution in [2.45, 2.75) is 51.4 Å². The Morgan fingerprint density at radius 1 is 0.773 bits per heavy atom. The van der Waals surface area contributed by atoms with E-state index in [1.807, 2.05) is 0 Å². The number of hydrogen-bond donors (Lipinski definition) is 0. The molecular formula is C40H33BClNSe. The summed E-state index contributed by atoms with van der Waals surface area (Å²) < 4.78 is 5.55. The van der Waals surface area contributed by atoms with Crippen molar-refractivity contribution in [1.82, 2.24) is 4.57 Å². The Labute approximate surface area is 271 Å². The van der Waals surface area contributed by atoms with E-state index < -0.39 is 0 Å². The third kappa shape index (κ3) is 3.79. The fourth-order valence-corrected chi connectivity index (χ4v) is 11.1. The van der Waals surface area contributed by atoms with E-state index >= 15 is 0 Å². The van der Waals surface area contributed by atoms with Crippen molar-refractivity contribution in [3.8, 4) is 16.8 Å². The van der Waals surface area contributed by atoms with E-state index in [0.29, 0.717) is 0 Å². The number of nitrogens with zero attached hydrogens (tertiary/aromatic N) is 1. The third-order valence-electron chi connectivity index (χ3n) is 10.8. The molecule has 9 rings (SSSR count). The summed E-state index contributed by atoms with van der Waals surface area (Å²) in [6.45, 7) is 5.00. The molecule has 0 saturated heterocycles. The van der Waals surface area contributed by atoms with Crippen LogP contribution in [0.3, 0.4) is 0 Å². The average molecular weight is 653 g/mol. The van der Waals surface area contributed by atoms with Gasteiger partial charge in [-0.25, -0.2) is 0 Å². The molecule has 4 heteroatoms. The number of fused-ring (bicyclic) bond motifs is 7. The second-order valence-electron chi connectivity index (χ2n) is 13.0. The van der Waals surface area contributed by atoms with E-state index in [9.17, 15) is 0 Å². The summed E-state index contributed by atoms with van der Waals surface area (Å²) in [5.74, 6) is 0. The first-order valence-electron chi connectivity index (χ1n) is 16.0. The minimum atomic E-state index is -0.0262. The molecule has 2 aliphatic heterocycles. The van der Waals surface area contributed by atoms with Crippen LogP contribution < -0.4 is 25.3 Å². The van der Waals surface area contributed by atoms with Crippen molar-refractivity contribution < 1.29 is 0 Å². The molecule has 0 amide bonds. The van der Waals surface area contributed by atoms with Crippen molar-refractivity contribution in [2.75, 3.05) is 0 Å². The van der Waals surface area contributed by atoms with Crippen LogP contribution in [0.2, 0.25) is 5.02 Å². The van der Waals surface area contributed by atoms with Crippen LogP contribution in [0, 0.1) is 0 Å². The fraction of sp³-hybridized carbons (Fsp3) is 0.200. The number of benzene rings is 5. The molecule has 44 heavy (non-hydrogen) atoms. The van der Waals surface area contributed by atoms with Gasteiger partial charge in [0.15, 0.2) is 0 Å². The number of hydrogen-bond acceptors (Lipinski definition) is 0. The average Bonchev–Trinajstić information content (AvgIpc) is 3.41. The molecule has 0 N–H and O–H groups in total. The third-order valence-corrected chi connectivity index (χ3v) is 13.4. The Morgan fingerprint density at radius 3 is 2.43 bits per heavy atom. The zero-order valence-electron chi connectivity index (χ0n) is 25.2. The van der Waals surface area contributed by atoms with Crippen LogP contribution in [0.4, 0.5) is 0 Å². The van der Waals surface area contributed by atoms with Crippen molar-refractivity contribution in [1.29, 1.82) is 0 Å². The van der Waals surface area contributed by atoms with Gasteiger partial charge in [0, 0.05) is 0 Å². The topological polar surface area (TPSA) is 4.93 Å². The number of para-hydroxylation sites is 1. The van der Waals surface area contributed by atoms with E-state index in [1.165, 1.54) is 83.6 Å². The summed E-state index contributed by atoms with van der Waals surface area (Å²) in [7, 11) is 0. The van der Waals surface area contributed by atoms with Gasteiger partial charge in [-0.2, -0.15) is 0 Å². The van der Waals surface area contributed by atoms with Gasteiger partial charge in [0.2, 0.25) is 0 Å². The summed E-state index contributed by atoms with van der Waals surface area (Å²) in [6.07, 6.45) is 5.98. The van der Waals surface area contributed by atoms with Crippen molar-refractivity contribution in [3.63, 3.8) is 0 Å². The van der Waals surface area contributed by atoms with Gasteiger partial charge >= 0.3 is 273 Å². The Bertz CT molecular complexity index is 2120. The predicted octanol–water partition coefficient (Wildman–Crippen LogP) is 6.34. The van der Waals surface area contributed by atoms with Crippen LogP contribution in [0.5, 0.6) is 0 Å². The molecule has 6 aromatic rings. The summed E-state index contributed by atoms with van der Waals surface area (Å²) in [6, 6.07) is 39.2. The van der Waals surface area contributed by atoms with E-state index in [2.05, 4.69) is 122 Å². The second kappa shape index (κ2) is 10.0. The quantitative estimate of drug-likeness (QED) is 0.196. The zero-order chi connectivity index (χ0) is 29.6. The first-order valence-corrected chi connectivity index (χ1v) is 18.1. The monoisotopic (exact) mass is 653 g/mol. The van der Waals surface area contributed by atoms with Crippen LogP contribution in [0.1, 0.15) is 55.5 Å². The van der Waals surface area contributed by atoms with Gasteiger partial charge < -0.3 is 0 Å². The van der Waals surface area contributed by atoms with Gasteiger partial charge in [-0.05, 0) is 0 Å². The molecule has 0 bridgehead atoms. The predicted molar refractivity (Wildman–Crippen MR) is 190 cm³/mol. The van der Waals surface area contributed by atoms with E-state index in [1.54, 1.807) is 11.0 Å². The molecule has 3 aliphatic rings. The van der Waals surface area contributed by atoms with Crippen molar-refractivity contribution in [2.24, 2.45) is 0 Å². The van der Waals surface area contributed by atoms with E-state index in [-0.39, 0.29) is 27.1 Å². The fourth-order valence-electron chi connectivity index (χ4n) is 8.43. The Kier molecular flexibility index (Phi) is 6.12. The molecule has 1 atom stereocenters. The molecule has 0 spiro atoms. The summed E-state index contributed by atoms with van der Waals surface area (Å²) in [5, 5.41) is 2.26. The van der Waals surface area contributed by atoms with Crippen molar-refractivity contribution >= 4 is 69.5 Å². The maximum atomic E-state index is 6.62. The maximum absolute atomic E-state index is 6.62. The summed E-state index contributed by atoms with van der Waals surface area (Å²) >= 11 is 6.88. The Balaban J connectivity index is 1.14. The number of rotatable bonds is 3. The van der Waals surface area contributed by atoms with Crippen LogP contribution in [0.25, 0.3) is 27.7 Å². The second-order valence-corrected chi connectivity index (χ2v) is 15.7. The van der Waals surface area contributed by atoms with Gasteiger partial charge in [0.1, 0.15) is 0 Å². The van der Waals surface area contributed by atoms with E-state index in [0.717, 1.165) is 17.9 Å². The van der Waals surface area contributed by atoms with Crippen molar-refractivity contribution in [3.05, 3.63) is 131 Å². The molecule has 1 aromatic heterocycles. The molecule has 1 unspecified atom stereocenters. The molecule has 0 fully saturated rings. The van der Waals surface area contributed by atoms with Crippen LogP contribution in [-0.2, 0) is 18.3 Å². The number of halogens is 1. The molecular weight excluding hydrogens is 620 g/mol. The Morgan fingerprint density at radius 2 is 1.57 bits per heavy atom. The van der Waals surface area contributed by atoms with Crippen LogP contribution in [-0.4, -0.2) is 26.2 Å². The number of aryl methyl sites for hydroxylation is 1. The molecule has 0 saturated carbocycles. The van der Waals surface area contributed by atoms with Gasteiger partial charge in [0.05, 0.1) is 0 Å². The first-order chi connectivity index (χ1) is 21.5. The Hall–Kier alpha value is -3.49. The normalized spacial score (nSPS) is 18.0. The minimum absolute atomic E-state index is 0.0262. The van der Waals surface area contributed by atoms with Crippen LogP contribution in [0.15, 0.2) is 103 Å². The summed E-state index contributed by atoms with van der Waals surface area (Å²) in [4.78, 5) is 0. The molecule has 1 aliphatic carbocycles. The van der Waals surface area contributed by atoms with Crippen LogP contribution >= 0.6 is 11.6 Å². The van der Waals surface area contributed by atoms with Gasteiger partial charge in [-0.1, -0.05) is 0 Å². The van der Waals surface area contributed by atoms with Gasteiger partial charge in [-0.3, -0.25) is 0 Å². The molecule has 214 valence electrons. The first kappa shape index (κ1) is 26.9. The summed E-state index contributed by atoms with van der Waals surface area (Å²) in [5.41, 5.74) is 15.6. The zero-order valence-corrected chi connectivity index (χ0v) is 27.6. The van der Waals surface area contributed by atoms with Gasteiger partial charge in [0.25, 0.3) is 0 Å². The standard InChI is InChI=1S/C40H33BClNSe/c1-3-40(2)31-11-8-14-37-39(31)41(33-22-18-27(42)24-32(33)40)34-21-17-26(23-38(34)44-37)25-15-19-28(20-16-25)43-35-12-6-4-9-29(35)30-10-5-7-13-36(30)43/h4,6,8-9,11-12,14-24H,3,5,7,10,13H2,1-2H3. The van der Waals surface area contributed by atoms with Gasteiger partial charge in [-0.15, -0.1) is 0 Å². The van der Waals surface area contributed by atoms with E-state index in [4.69, 9.17) is 11.6 Å². The molecule has 1 nitrogen and oxygen atoms in total. The number of aromatic nitrogens is 1.